The summed E-state index contributed by atoms with van der Waals surface area (Å²) in [6, 6.07) is 89.5. The molecule has 0 aliphatic rings. The van der Waals surface area contributed by atoms with Gasteiger partial charge in [-0.2, -0.15) is 0 Å². The van der Waals surface area contributed by atoms with Crippen molar-refractivity contribution in [2.24, 2.45) is 0 Å². The van der Waals surface area contributed by atoms with Gasteiger partial charge in [0, 0.05) is 171 Å². The molecule has 10 aromatic heterocycles. The van der Waals surface area contributed by atoms with Gasteiger partial charge in [0.1, 0.15) is 23.1 Å². The van der Waals surface area contributed by atoms with Crippen LogP contribution in [0.1, 0.15) is 159 Å². The molecule has 10 heterocycles. The molecule has 0 bridgehead atoms. The van der Waals surface area contributed by atoms with Gasteiger partial charge in [0.2, 0.25) is 0 Å². The molecule has 0 radical (unpaired) electrons. The van der Waals surface area contributed by atoms with Crippen LogP contribution in [0.3, 0.4) is 0 Å². The zero-order valence-electron chi connectivity index (χ0n) is 78.0. The number of hydrogen-bond donors (Lipinski definition) is 5. The minimum Gasteiger partial charge on any atom is -0.497 e. The third kappa shape index (κ3) is 35.7. The smallest absolute Gasteiger partial charge is 0.257 e. The van der Waals surface area contributed by atoms with Crippen LogP contribution in [0.5, 0.6) is 11.5 Å². The number of nitrogens with one attached hydrogen (secondary N) is 5. The molecule has 18 rings (SSSR count). The van der Waals surface area contributed by atoms with E-state index >= 15 is 0 Å². The Bertz CT molecular complexity index is 7070. The SMILES string of the molecule is C.C.C.C.C.C.CC(CCc1ccccc1)NC(=O)c1cncc(-c2cccs2)c1.CN(Cc1ccccc1)C(=O)c1cncc(-c2cccs2)c1.COc1cccc(-c2cncc(C(=O)NCCc3ccccc3)c2)c1.COc1cccc(-c2cncc(C(=O)NCc3ccc(C)cc3)c2)c1.Cc1cc(F)ccc1NC(=O)c1cncc(-c2cccs2)c1.Cc1ccc(F)cc1NC(=O)c1cncc(-c2cccs2)c1. The van der Waals surface area contributed by atoms with Crippen molar-refractivity contribution in [1.82, 2.24) is 50.8 Å². The van der Waals surface area contributed by atoms with Crippen molar-refractivity contribution in [3.63, 3.8) is 0 Å². The van der Waals surface area contributed by atoms with Gasteiger partial charge in [0.25, 0.3) is 35.4 Å². The number of methoxy groups -OCH3 is 2. The molecule has 5 N–H and O–H groups in total. The lowest BCUT2D eigenvalue weighted by Crippen LogP contribution is -2.33. The number of hydrogen-bond acceptors (Lipinski definition) is 18. The Morgan fingerprint density at radius 3 is 1.14 bits per heavy atom. The molecule has 0 saturated carbocycles. The van der Waals surface area contributed by atoms with Crippen molar-refractivity contribution in [3.8, 4) is 75.5 Å². The van der Waals surface area contributed by atoms with Crippen LogP contribution in [-0.2, 0) is 25.9 Å². The summed E-state index contributed by atoms with van der Waals surface area (Å²) in [6.07, 6.45) is 22.6. The highest BCUT2D eigenvalue weighted by Gasteiger charge is 2.19. The first-order valence-electron chi connectivity index (χ1n) is 44.7. The molecular formula is C120H126F2N12O8S4. The first-order valence-corrected chi connectivity index (χ1v) is 48.3. The van der Waals surface area contributed by atoms with Crippen LogP contribution in [0.4, 0.5) is 20.2 Å². The van der Waals surface area contributed by atoms with Crippen LogP contribution in [0.15, 0.2) is 381 Å². The van der Waals surface area contributed by atoms with Gasteiger partial charge >= 0.3 is 0 Å². The second-order valence-corrected chi connectivity index (χ2v) is 36.0. The zero-order chi connectivity index (χ0) is 98.3. The summed E-state index contributed by atoms with van der Waals surface area (Å²) in [7, 11) is 5.08. The Hall–Kier alpha value is -16.3. The van der Waals surface area contributed by atoms with Gasteiger partial charge in [0.15, 0.2) is 0 Å². The molecule has 0 spiro atoms. The molecule has 752 valence electrons. The standard InChI is InChI=1S/2C21H20N2O2.C20H20N2OS.C18H16N2OS.2C17H13FN2OS.6CH4/c1-15-6-8-16(9-7-15)12-23-21(24)19-10-18(13-22-14-19)17-4-3-5-20(11-17)25-2;1-25-20-9-5-8-17(13-20)18-12-19(15-22-14-18)21(24)23-11-10-16-6-3-2-4-7-16;1-15(9-10-16-6-3-2-4-7-16)22-20(23)18-12-17(13-21-14-18)19-8-5-11-24-19;1-20(13-14-6-3-2-4-7-14)18(21)16-10-15(11-19-12-16)17-8-5-9-22-17;1-11-7-14(18)4-5-15(11)20-17(21)13-8-12(9-19-10-13)16-3-2-6-22-16;1-11-4-5-14(18)8-15(11)20-17(21)13-7-12(9-19-10-13)16-3-2-6-22-16;;;;;;/h3-11,13-14H,12H2,1-2H3,(H,23,24);2-9,12-15H,10-11H2,1H3,(H,23,24);2-8,11-15H,9-10H2,1H3,(H,22,23);2-12H,13H2,1H3;2*2-10H,1H3,(H,20,21);6*1H4. The number of carbonyl (C=O) groups is 6. The molecule has 18 aromatic rings. The van der Waals surface area contributed by atoms with Gasteiger partial charge in [-0.3, -0.25) is 58.7 Å². The van der Waals surface area contributed by atoms with Crippen LogP contribution in [0.2, 0.25) is 0 Å². The first-order chi connectivity index (χ1) is 68.1. The predicted molar refractivity (Wildman–Crippen MR) is 600 cm³/mol. The van der Waals surface area contributed by atoms with Crippen molar-refractivity contribution >= 4 is 92.2 Å². The summed E-state index contributed by atoms with van der Waals surface area (Å²) in [6.45, 7) is 9.31. The highest BCUT2D eigenvalue weighted by atomic mass is 32.1. The number of ether oxygens (including phenoxy) is 2. The second-order valence-electron chi connectivity index (χ2n) is 32.2. The van der Waals surface area contributed by atoms with Gasteiger partial charge in [-0.25, -0.2) is 8.78 Å². The number of anilines is 2. The van der Waals surface area contributed by atoms with E-state index in [4.69, 9.17) is 9.47 Å². The van der Waals surface area contributed by atoms with Gasteiger partial charge in [-0.1, -0.05) is 220 Å². The second kappa shape index (κ2) is 60.2. The predicted octanol–water partition coefficient (Wildman–Crippen LogP) is 29.2. The van der Waals surface area contributed by atoms with E-state index in [0.717, 1.165) is 111 Å². The maximum atomic E-state index is 13.3. The number of amides is 6. The van der Waals surface area contributed by atoms with E-state index in [1.54, 1.807) is 158 Å². The van der Waals surface area contributed by atoms with Gasteiger partial charge < -0.3 is 41.0 Å². The number of carbonyl (C=O) groups excluding carboxylic acids is 6. The molecule has 1 atom stereocenters. The Labute approximate surface area is 873 Å². The van der Waals surface area contributed by atoms with Gasteiger partial charge in [-0.15, -0.1) is 45.3 Å². The lowest BCUT2D eigenvalue weighted by atomic mass is 10.1. The summed E-state index contributed by atoms with van der Waals surface area (Å²) < 4.78 is 36.9. The summed E-state index contributed by atoms with van der Waals surface area (Å²) >= 11 is 6.46. The molecule has 26 heteroatoms. The highest BCUT2D eigenvalue weighted by molar-refractivity contribution is 7.14. The van der Waals surface area contributed by atoms with E-state index < -0.39 is 0 Å². The fourth-order valence-corrected chi connectivity index (χ4v) is 16.9. The third-order valence-corrected chi connectivity index (χ3v) is 25.4. The zero-order valence-corrected chi connectivity index (χ0v) is 81.2. The Morgan fingerprint density at radius 2 is 0.712 bits per heavy atom. The lowest BCUT2D eigenvalue weighted by Gasteiger charge is -2.17. The van der Waals surface area contributed by atoms with Crippen molar-refractivity contribution in [2.75, 3.05) is 38.4 Å². The third-order valence-electron chi connectivity index (χ3n) is 21.7. The molecule has 0 saturated heterocycles. The molecule has 20 nitrogen and oxygen atoms in total. The number of thiophene rings is 4. The van der Waals surface area contributed by atoms with E-state index in [1.807, 2.05) is 262 Å². The Kier molecular flexibility index (Phi) is 48.2. The quantitative estimate of drug-likeness (QED) is 0.0321. The Balaban J connectivity index is 0.000000236. The molecule has 0 aliphatic heterocycles. The van der Waals surface area contributed by atoms with Crippen LogP contribution in [-0.4, -0.2) is 104 Å². The topological polar surface area (TPSA) is 262 Å². The van der Waals surface area contributed by atoms with E-state index in [0.29, 0.717) is 70.0 Å². The first kappa shape index (κ1) is 117. The summed E-state index contributed by atoms with van der Waals surface area (Å²) in [5.74, 6) is -0.0763. The van der Waals surface area contributed by atoms with Crippen LogP contribution in [0.25, 0.3) is 64.0 Å². The highest BCUT2D eigenvalue weighted by Crippen LogP contribution is 2.32. The fourth-order valence-electron chi connectivity index (χ4n) is 14.1. The maximum Gasteiger partial charge on any atom is 0.257 e. The van der Waals surface area contributed by atoms with Gasteiger partial charge in [-0.05, 0) is 228 Å². The molecule has 6 amide bonds. The minimum atomic E-state index is -0.383. The molecule has 0 fully saturated rings. The number of benzene rings is 8. The summed E-state index contributed by atoms with van der Waals surface area (Å²) in [5, 5.41) is 22.4. The van der Waals surface area contributed by atoms with Crippen molar-refractivity contribution in [2.45, 2.75) is 111 Å². The maximum absolute atomic E-state index is 13.3. The monoisotopic (exact) mass is 2030 g/mol. The molecule has 8 aromatic carbocycles. The Morgan fingerprint density at radius 1 is 0.336 bits per heavy atom. The lowest BCUT2D eigenvalue weighted by molar-refractivity contribution is 0.0783. The number of nitrogens with zero attached hydrogens (tertiary/aromatic N) is 7. The number of halogens is 2. The number of aryl methyl sites for hydroxylation is 4. The average molecular weight is 2030 g/mol. The number of aromatic nitrogens is 6. The average Bonchev–Trinajstić information content (AvgIpc) is 1.57. The van der Waals surface area contributed by atoms with Crippen LogP contribution in [0, 0.1) is 32.4 Å². The van der Waals surface area contributed by atoms with E-state index in [2.05, 4.69) is 80.8 Å². The van der Waals surface area contributed by atoms with Crippen molar-refractivity contribution < 1.29 is 47.0 Å². The fraction of sp³-hybridized carbons (Fsp3) is 0.167. The van der Waals surface area contributed by atoms with E-state index in [9.17, 15) is 37.5 Å². The summed E-state index contributed by atoms with van der Waals surface area (Å²) in [5.41, 5.74) is 19.0. The normalized spacial score (nSPS) is 10.2. The van der Waals surface area contributed by atoms with Gasteiger partial charge in [0.05, 0.1) is 47.6 Å². The minimum absolute atomic E-state index is 0. The molecule has 0 aliphatic carbocycles. The largest absolute Gasteiger partial charge is 0.497 e. The molecule has 146 heavy (non-hydrogen) atoms. The summed E-state index contributed by atoms with van der Waals surface area (Å²) in [4.78, 5) is 106. The van der Waals surface area contributed by atoms with Crippen molar-refractivity contribution in [1.29, 1.82) is 0 Å². The molecular weight excluding hydrogens is 1900 g/mol. The number of pyridine rings is 6. The van der Waals surface area contributed by atoms with Crippen molar-refractivity contribution in [3.05, 3.63) is 465 Å². The van der Waals surface area contributed by atoms with Crippen LogP contribution < -0.4 is 36.1 Å². The number of rotatable bonds is 27. The van der Waals surface area contributed by atoms with Crippen LogP contribution >= 0.6 is 45.3 Å². The molecule has 1 unspecified atom stereocenters. The van der Waals surface area contributed by atoms with E-state index in [-0.39, 0.29) is 97.7 Å². The van der Waals surface area contributed by atoms with E-state index in [1.165, 1.54) is 53.3 Å².